The van der Waals surface area contributed by atoms with Crippen LogP contribution >= 0.6 is 0 Å². The molecule has 2 heterocycles. The molecule has 3 N–H and O–H groups in total. The molecule has 31 heavy (non-hydrogen) atoms. The van der Waals surface area contributed by atoms with Gasteiger partial charge in [0, 0.05) is 18.1 Å². The Balaban J connectivity index is 1.54. The molecule has 4 aromatic rings. The van der Waals surface area contributed by atoms with E-state index in [0.29, 0.717) is 16.6 Å². The summed E-state index contributed by atoms with van der Waals surface area (Å²) in [4.78, 5) is 31.9. The Bertz CT molecular complexity index is 1270. The number of fused-ring (bicyclic) bond motifs is 1. The number of benzene rings is 2. The van der Waals surface area contributed by atoms with E-state index in [1.807, 2.05) is 0 Å². The summed E-state index contributed by atoms with van der Waals surface area (Å²) in [5, 5.41) is 5.51. The molecule has 0 saturated heterocycles. The summed E-state index contributed by atoms with van der Waals surface area (Å²) in [5.41, 5.74) is 0.814. The highest BCUT2D eigenvalue weighted by molar-refractivity contribution is 6.08. The smallest absolute Gasteiger partial charge is 0.261 e. The first kappa shape index (κ1) is 20.1. The Morgan fingerprint density at radius 3 is 2.39 bits per heavy atom. The molecule has 2 aromatic carbocycles. The number of H-pyrrole nitrogens is 1. The van der Waals surface area contributed by atoms with Crippen molar-refractivity contribution >= 4 is 28.5 Å². The van der Waals surface area contributed by atoms with Gasteiger partial charge >= 0.3 is 0 Å². The average Bonchev–Trinajstić information content (AvgIpc) is 3.16. The van der Waals surface area contributed by atoms with Crippen molar-refractivity contribution in [2.45, 2.75) is 6.54 Å². The van der Waals surface area contributed by atoms with Crippen LogP contribution in [0.1, 0.15) is 26.3 Å². The van der Waals surface area contributed by atoms with Crippen molar-refractivity contribution in [3.05, 3.63) is 95.1 Å². The molecule has 0 aliphatic rings. The first-order valence-electron chi connectivity index (χ1n) is 9.17. The number of halogens is 3. The van der Waals surface area contributed by atoms with Gasteiger partial charge in [-0.15, -0.1) is 0 Å². The van der Waals surface area contributed by atoms with E-state index in [1.165, 1.54) is 30.6 Å². The first-order valence-corrected chi connectivity index (χ1v) is 9.17. The van der Waals surface area contributed by atoms with Crippen LogP contribution in [0.2, 0.25) is 0 Å². The molecule has 6 nitrogen and oxygen atoms in total. The zero-order valence-electron chi connectivity index (χ0n) is 15.9. The molecule has 156 valence electrons. The highest BCUT2D eigenvalue weighted by Gasteiger charge is 2.18. The number of rotatable bonds is 5. The van der Waals surface area contributed by atoms with E-state index in [9.17, 15) is 22.8 Å². The second-order valence-electron chi connectivity index (χ2n) is 6.68. The topological polar surface area (TPSA) is 86.9 Å². The van der Waals surface area contributed by atoms with Gasteiger partial charge in [0.05, 0.1) is 17.4 Å². The van der Waals surface area contributed by atoms with Crippen molar-refractivity contribution in [3.8, 4) is 0 Å². The molecule has 2 amide bonds. The van der Waals surface area contributed by atoms with E-state index in [2.05, 4.69) is 20.6 Å². The molecule has 4 rings (SSSR count). The number of aromatic nitrogens is 2. The first-order chi connectivity index (χ1) is 14.9. The minimum Gasteiger partial charge on any atom is -0.348 e. The van der Waals surface area contributed by atoms with Gasteiger partial charge < -0.3 is 15.6 Å². The molecule has 0 spiro atoms. The third kappa shape index (κ3) is 4.25. The fraction of sp³-hybridized carbons (Fsp3) is 0.0455. The minimum atomic E-state index is -0.992. The lowest BCUT2D eigenvalue weighted by Gasteiger charge is -2.08. The molecule has 9 heteroatoms. The second kappa shape index (κ2) is 8.31. The molecule has 0 fully saturated rings. The number of hydrogen-bond acceptors (Lipinski definition) is 3. The Hall–Kier alpha value is -4.14. The number of nitrogens with one attached hydrogen (secondary N) is 3. The highest BCUT2D eigenvalue weighted by atomic mass is 19.1. The lowest BCUT2D eigenvalue weighted by atomic mass is 10.1. The molecule has 0 saturated carbocycles. The van der Waals surface area contributed by atoms with Crippen molar-refractivity contribution in [2.24, 2.45) is 0 Å². The molecule has 0 radical (unpaired) electrons. The van der Waals surface area contributed by atoms with Gasteiger partial charge in [0.1, 0.15) is 28.7 Å². The van der Waals surface area contributed by atoms with Crippen LogP contribution in [0.3, 0.4) is 0 Å². The summed E-state index contributed by atoms with van der Waals surface area (Å²) < 4.78 is 40.7. The molecule has 0 bridgehead atoms. The minimum absolute atomic E-state index is 0.160. The van der Waals surface area contributed by atoms with E-state index in [1.54, 1.807) is 12.1 Å². The molecular formula is C22H15F3N4O2. The summed E-state index contributed by atoms with van der Waals surface area (Å²) in [6.45, 7) is 0.183. The van der Waals surface area contributed by atoms with Gasteiger partial charge in [0.25, 0.3) is 11.8 Å². The number of amides is 2. The Morgan fingerprint density at radius 1 is 0.968 bits per heavy atom. The van der Waals surface area contributed by atoms with E-state index in [0.717, 1.165) is 18.2 Å². The van der Waals surface area contributed by atoms with Gasteiger partial charge in [-0.2, -0.15) is 0 Å². The number of anilines is 1. The zero-order valence-corrected chi connectivity index (χ0v) is 15.9. The van der Waals surface area contributed by atoms with Gasteiger partial charge in [-0.3, -0.25) is 9.59 Å². The molecule has 0 atom stereocenters. The third-order valence-corrected chi connectivity index (χ3v) is 4.59. The zero-order chi connectivity index (χ0) is 22.0. The van der Waals surface area contributed by atoms with Crippen molar-refractivity contribution in [1.29, 1.82) is 0 Å². The maximum Gasteiger partial charge on any atom is 0.261 e. The van der Waals surface area contributed by atoms with E-state index in [-0.39, 0.29) is 23.6 Å². The van der Waals surface area contributed by atoms with Crippen LogP contribution < -0.4 is 10.6 Å². The maximum absolute atomic E-state index is 13.8. The van der Waals surface area contributed by atoms with Crippen LogP contribution in [0.4, 0.5) is 18.9 Å². The van der Waals surface area contributed by atoms with Gasteiger partial charge in [-0.1, -0.05) is 18.2 Å². The SMILES string of the molecule is O=C(Nc1cnc2[nH]cc(C(=O)NCc3ccc(F)cc3)c2c1)c1c(F)cccc1F. The lowest BCUT2D eigenvalue weighted by Crippen LogP contribution is -2.22. The quantitative estimate of drug-likeness (QED) is 0.450. The fourth-order valence-electron chi connectivity index (χ4n) is 3.05. The molecule has 2 aromatic heterocycles. The van der Waals surface area contributed by atoms with Crippen LogP contribution in [-0.4, -0.2) is 21.8 Å². The highest BCUT2D eigenvalue weighted by Crippen LogP contribution is 2.22. The number of nitrogens with zero attached hydrogens (tertiary/aromatic N) is 1. The normalized spacial score (nSPS) is 10.8. The summed E-state index contributed by atoms with van der Waals surface area (Å²) in [5.74, 6) is -3.75. The van der Waals surface area contributed by atoms with E-state index < -0.39 is 29.0 Å². The molecular weight excluding hydrogens is 409 g/mol. The average molecular weight is 424 g/mol. The van der Waals surface area contributed by atoms with Crippen LogP contribution in [0, 0.1) is 17.5 Å². The Kier molecular flexibility index (Phi) is 5.40. The second-order valence-corrected chi connectivity index (χ2v) is 6.68. The monoisotopic (exact) mass is 424 g/mol. The third-order valence-electron chi connectivity index (χ3n) is 4.59. The van der Waals surface area contributed by atoms with E-state index in [4.69, 9.17) is 0 Å². The van der Waals surface area contributed by atoms with Gasteiger partial charge in [0.15, 0.2) is 0 Å². The summed E-state index contributed by atoms with van der Waals surface area (Å²) in [7, 11) is 0. The predicted molar refractivity (Wildman–Crippen MR) is 108 cm³/mol. The van der Waals surface area contributed by atoms with Crippen LogP contribution in [0.5, 0.6) is 0 Å². The summed E-state index contributed by atoms with van der Waals surface area (Å²) in [6.07, 6.45) is 2.76. The number of hydrogen-bond donors (Lipinski definition) is 3. The number of aromatic amines is 1. The molecule has 0 unspecified atom stereocenters. The molecule has 0 aliphatic carbocycles. The fourth-order valence-corrected chi connectivity index (χ4v) is 3.05. The van der Waals surface area contributed by atoms with Gasteiger partial charge in [-0.25, -0.2) is 18.2 Å². The Morgan fingerprint density at radius 2 is 1.68 bits per heavy atom. The van der Waals surface area contributed by atoms with Crippen molar-refractivity contribution in [3.63, 3.8) is 0 Å². The van der Waals surface area contributed by atoms with Crippen molar-refractivity contribution in [2.75, 3.05) is 5.32 Å². The van der Waals surface area contributed by atoms with Crippen LogP contribution in [0.25, 0.3) is 11.0 Å². The number of carbonyl (C=O) groups excluding carboxylic acids is 2. The number of carbonyl (C=O) groups is 2. The Labute approximate surface area is 174 Å². The summed E-state index contributed by atoms with van der Waals surface area (Å²) in [6, 6.07) is 10.3. The lowest BCUT2D eigenvalue weighted by molar-refractivity contribution is 0.0951. The maximum atomic E-state index is 13.8. The number of pyridine rings is 1. The van der Waals surface area contributed by atoms with Crippen LogP contribution in [0.15, 0.2) is 60.9 Å². The van der Waals surface area contributed by atoms with Crippen LogP contribution in [-0.2, 0) is 6.54 Å². The summed E-state index contributed by atoms with van der Waals surface area (Å²) >= 11 is 0. The van der Waals surface area contributed by atoms with Crippen molar-refractivity contribution < 1.29 is 22.8 Å². The standard InChI is InChI=1S/C22H15F3N4O2/c23-13-6-4-12(5-7-13)9-28-21(30)16-11-27-20-15(16)8-14(10-26-20)29-22(31)19-17(24)2-1-3-18(19)25/h1-8,10-11H,9H2,(H,26,27)(H,28,30)(H,29,31). The van der Waals surface area contributed by atoms with Gasteiger partial charge in [-0.05, 0) is 35.9 Å². The van der Waals surface area contributed by atoms with E-state index >= 15 is 0 Å². The largest absolute Gasteiger partial charge is 0.348 e. The molecule has 0 aliphatic heterocycles. The van der Waals surface area contributed by atoms with Gasteiger partial charge in [0.2, 0.25) is 0 Å². The van der Waals surface area contributed by atoms with Crippen molar-refractivity contribution in [1.82, 2.24) is 15.3 Å². The predicted octanol–water partition coefficient (Wildman–Crippen LogP) is 4.16.